The molecule has 0 saturated carbocycles. The van der Waals surface area contributed by atoms with Crippen LogP contribution in [0.4, 0.5) is 0 Å². The van der Waals surface area contributed by atoms with Crippen molar-refractivity contribution < 1.29 is 18.3 Å². The Morgan fingerprint density at radius 1 is 1.19 bits per heavy atom. The number of carbonyl (C=O) groups is 1. The van der Waals surface area contributed by atoms with Gasteiger partial charge in [0.15, 0.2) is 0 Å². The number of carboxylic acid groups (broad SMARTS) is 1. The molecule has 1 N–H and O–H groups in total. The molecule has 0 aromatic carbocycles. The van der Waals surface area contributed by atoms with E-state index in [-0.39, 0.29) is 13.0 Å². The number of sulfonamides is 1. The van der Waals surface area contributed by atoms with Crippen LogP contribution in [-0.2, 0) is 14.8 Å². The zero-order valence-corrected chi connectivity index (χ0v) is 10.8. The maximum absolute atomic E-state index is 11.3. The van der Waals surface area contributed by atoms with E-state index in [0.717, 1.165) is 12.8 Å². The Balaban J connectivity index is 4.18. The topological polar surface area (TPSA) is 77.9 Å². The first-order valence-corrected chi connectivity index (χ1v) is 6.90. The fraction of sp³-hybridized carbons (Fsp3) is 0.889. The molecule has 96 valence electrons. The van der Waals surface area contributed by atoms with Crippen LogP contribution in [0.2, 0.25) is 0 Å². The number of hydrogen-bond acceptors (Lipinski definition) is 4. The highest BCUT2D eigenvalue weighted by Gasteiger charge is 2.16. The van der Waals surface area contributed by atoms with E-state index < -0.39 is 16.0 Å². The van der Waals surface area contributed by atoms with E-state index in [9.17, 15) is 13.2 Å². The molecule has 0 fully saturated rings. The van der Waals surface area contributed by atoms with Crippen LogP contribution < -0.4 is 0 Å². The molecule has 16 heavy (non-hydrogen) atoms. The van der Waals surface area contributed by atoms with Gasteiger partial charge in [0.25, 0.3) is 0 Å². The zero-order valence-electron chi connectivity index (χ0n) is 10.0. The van der Waals surface area contributed by atoms with Gasteiger partial charge < -0.3 is 10.0 Å². The molecule has 0 amide bonds. The quantitative estimate of drug-likeness (QED) is 0.640. The SMILES string of the molecule is CN(C)CCCN(CCC(=O)O)S(C)(=O)=O. The van der Waals surface area contributed by atoms with Crippen molar-refractivity contribution in [2.45, 2.75) is 12.8 Å². The van der Waals surface area contributed by atoms with Gasteiger partial charge in [0.05, 0.1) is 12.7 Å². The van der Waals surface area contributed by atoms with Gasteiger partial charge in [-0.1, -0.05) is 0 Å². The van der Waals surface area contributed by atoms with E-state index in [4.69, 9.17) is 5.11 Å². The summed E-state index contributed by atoms with van der Waals surface area (Å²) in [5, 5.41) is 8.51. The van der Waals surface area contributed by atoms with Crippen LogP contribution in [0.15, 0.2) is 0 Å². The molecule has 0 aliphatic heterocycles. The molecule has 0 aliphatic carbocycles. The van der Waals surface area contributed by atoms with Crippen molar-refractivity contribution in [2.75, 3.05) is 40.0 Å². The Hall–Kier alpha value is -0.660. The lowest BCUT2D eigenvalue weighted by molar-refractivity contribution is -0.137. The minimum Gasteiger partial charge on any atom is -0.481 e. The minimum atomic E-state index is -3.31. The van der Waals surface area contributed by atoms with Crippen molar-refractivity contribution in [3.8, 4) is 0 Å². The molecule has 0 atom stereocenters. The van der Waals surface area contributed by atoms with Gasteiger partial charge in [0, 0.05) is 13.1 Å². The summed E-state index contributed by atoms with van der Waals surface area (Å²) in [5.74, 6) is -0.985. The van der Waals surface area contributed by atoms with Crippen molar-refractivity contribution in [3.63, 3.8) is 0 Å². The fourth-order valence-corrected chi connectivity index (χ4v) is 2.11. The molecular formula is C9H20N2O4S. The predicted molar refractivity (Wildman–Crippen MR) is 61.8 cm³/mol. The van der Waals surface area contributed by atoms with Gasteiger partial charge in [0.2, 0.25) is 10.0 Å². The Labute approximate surface area is 96.9 Å². The van der Waals surface area contributed by atoms with E-state index in [1.165, 1.54) is 4.31 Å². The molecule has 0 unspecified atom stereocenters. The van der Waals surface area contributed by atoms with E-state index in [0.29, 0.717) is 13.0 Å². The summed E-state index contributed by atoms with van der Waals surface area (Å²) in [6.07, 6.45) is 1.64. The van der Waals surface area contributed by atoms with Crippen LogP contribution in [0, 0.1) is 0 Å². The average Bonchev–Trinajstić information content (AvgIpc) is 2.07. The lowest BCUT2D eigenvalue weighted by atomic mass is 10.3. The summed E-state index contributed by atoms with van der Waals surface area (Å²) in [5.41, 5.74) is 0. The Morgan fingerprint density at radius 3 is 2.12 bits per heavy atom. The lowest BCUT2D eigenvalue weighted by Crippen LogP contribution is -2.34. The van der Waals surface area contributed by atoms with E-state index >= 15 is 0 Å². The van der Waals surface area contributed by atoms with Gasteiger partial charge in [-0.15, -0.1) is 0 Å². The molecule has 7 heteroatoms. The number of hydrogen-bond donors (Lipinski definition) is 1. The molecule has 0 heterocycles. The molecule has 0 aliphatic rings. The summed E-state index contributed by atoms with van der Waals surface area (Å²) in [6, 6.07) is 0. The Morgan fingerprint density at radius 2 is 1.75 bits per heavy atom. The largest absolute Gasteiger partial charge is 0.481 e. The van der Waals surface area contributed by atoms with Crippen molar-refractivity contribution in [3.05, 3.63) is 0 Å². The first kappa shape index (κ1) is 15.3. The third-order valence-corrected chi connectivity index (χ3v) is 3.36. The smallest absolute Gasteiger partial charge is 0.304 e. The van der Waals surface area contributed by atoms with Crippen LogP contribution in [-0.4, -0.2) is 68.7 Å². The lowest BCUT2D eigenvalue weighted by Gasteiger charge is -2.20. The van der Waals surface area contributed by atoms with Crippen molar-refractivity contribution in [1.29, 1.82) is 0 Å². The molecule has 6 nitrogen and oxygen atoms in total. The summed E-state index contributed by atoms with van der Waals surface area (Å²) in [7, 11) is 0.503. The van der Waals surface area contributed by atoms with E-state index in [1.807, 2.05) is 19.0 Å². The highest BCUT2D eigenvalue weighted by molar-refractivity contribution is 7.88. The van der Waals surface area contributed by atoms with E-state index in [1.54, 1.807) is 0 Å². The van der Waals surface area contributed by atoms with E-state index in [2.05, 4.69) is 0 Å². The highest BCUT2D eigenvalue weighted by Crippen LogP contribution is 2.01. The summed E-state index contributed by atoms with van der Waals surface area (Å²) in [6.45, 7) is 1.19. The predicted octanol–water partition coefficient (Wildman–Crippen LogP) is -0.326. The summed E-state index contributed by atoms with van der Waals surface area (Å²) in [4.78, 5) is 12.3. The summed E-state index contributed by atoms with van der Waals surface area (Å²) < 4.78 is 23.9. The second-order valence-electron chi connectivity index (χ2n) is 3.96. The van der Waals surface area contributed by atoms with Gasteiger partial charge in [-0.25, -0.2) is 12.7 Å². The highest BCUT2D eigenvalue weighted by atomic mass is 32.2. The molecule has 0 spiro atoms. The molecule has 0 aromatic heterocycles. The van der Waals surface area contributed by atoms with Crippen molar-refractivity contribution in [2.24, 2.45) is 0 Å². The number of carboxylic acids is 1. The fourth-order valence-electron chi connectivity index (χ4n) is 1.23. The van der Waals surface area contributed by atoms with Crippen molar-refractivity contribution >= 4 is 16.0 Å². The first-order chi connectivity index (χ1) is 7.23. The monoisotopic (exact) mass is 252 g/mol. The normalized spacial score (nSPS) is 12.3. The maximum atomic E-state index is 11.3. The molecule has 0 bridgehead atoms. The second-order valence-corrected chi connectivity index (χ2v) is 5.95. The Kier molecular flexibility index (Phi) is 6.54. The molecule has 0 radical (unpaired) electrons. The van der Waals surface area contributed by atoms with Gasteiger partial charge in [-0.2, -0.15) is 0 Å². The van der Waals surface area contributed by atoms with Crippen LogP contribution in [0.1, 0.15) is 12.8 Å². The third kappa shape index (κ3) is 7.61. The van der Waals surface area contributed by atoms with Gasteiger partial charge in [0.1, 0.15) is 0 Å². The average molecular weight is 252 g/mol. The molecule has 0 rings (SSSR count). The van der Waals surface area contributed by atoms with Crippen LogP contribution in [0.5, 0.6) is 0 Å². The standard InChI is InChI=1S/C9H20N2O4S/c1-10(2)6-4-7-11(16(3,14)15)8-5-9(12)13/h4-8H2,1-3H3,(H,12,13). The second kappa shape index (κ2) is 6.82. The number of nitrogens with zero attached hydrogens (tertiary/aromatic N) is 2. The Bertz CT molecular complexity index is 313. The summed E-state index contributed by atoms with van der Waals surface area (Å²) >= 11 is 0. The number of aliphatic carboxylic acids is 1. The molecule has 0 aromatic rings. The molecule has 0 saturated heterocycles. The van der Waals surface area contributed by atoms with Gasteiger partial charge >= 0.3 is 5.97 Å². The number of rotatable bonds is 8. The molecular weight excluding hydrogens is 232 g/mol. The van der Waals surface area contributed by atoms with Gasteiger partial charge in [-0.05, 0) is 27.1 Å². The third-order valence-electron chi connectivity index (χ3n) is 2.06. The minimum absolute atomic E-state index is 0.0432. The zero-order chi connectivity index (χ0) is 12.8. The van der Waals surface area contributed by atoms with Crippen LogP contribution in [0.25, 0.3) is 0 Å². The van der Waals surface area contributed by atoms with Crippen molar-refractivity contribution in [1.82, 2.24) is 9.21 Å². The first-order valence-electron chi connectivity index (χ1n) is 5.05. The van der Waals surface area contributed by atoms with Crippen LogP contribution in [0.3, 0.4) is 0 Å². The van der Waals surface area contributed by atoms with Gasteiger partial charge in [-0.3, -0.25) is 4.79 Å². The van der Waals surface area contributed by atoms with Crippen LogP contribution >= 0.6 is 0 Å². The maximum Gasteiger partial charge on any atom is 0.304 e.